The highest BCUT2D eigenvalue weighted by Crippen LogP contribution is 2.64. The second-order valence-corrected chi connectivity index (χ2v) is 10.4. The van der Waals surface area contributed by atoms with Crippen molar-refractivity contribution in [2.75, 3.05) is 32.1 Å². The van der Waals surface area contributed by atoms with Crippen molar-refractivity contribution in [3.63, 3.8) is 0 Å². The van der Waals surface area contributed by atoms with Crippen molar-refractivity contribution in [1.29, 1.82) is 0 Å². The van der Waals surface area contributed by atoms with E-state index in [4.69, 9.17) is 14.0 Å². The molecule has 0 aromatic carbocycles. The number of carbonyl (C=O) groups is 1. The molecule has 28 heavy (non-hydrogen) atoms. The molecular formula is C19H26N2O6S. The number of ether oxygens (including phenoxy) is 1. The van der Waals surface area contributed by atoms with Gasteiger partial charge < -0.3 is 14.0 Å². The molecule has 2 unspecified atom stereocenters. The number of rotatable bonds is 5. The van der Waals surface area contributed by atoms with Crippen LogP contribution in [0.4, 0.5) is 0 Å². The fourth-order valence-corrected chi connectivity index (χ4v) is 7.22. The van der Waals surface area contributed by atoms with E-state index in [1.165, 1.54) is 16.6 Å². The summed E-state index contributed by atoms with van der Waals surface area (Å²) in [5.41, 5.74) is -0.189. The summed E-state index contributed by atoms with van der Waals surface area (Å²) in [7, 11) is -3.48. The molecule has 0 amide bonds. The molecule has 1 aromatic rings. The molecule has 0 radical (unpaired) electrons. The number of hydrogen-bond donors (Lipinski definition) is 0. The van der Waals surface area contributed by atoms with Gasteiger partial charge in [-0.05, 0) is 42.7 Å². The van der Waals surface area contributed by atoms with Crippen molar-refractivity contribution in [2.45, 2.75) is 33.1 Å². The Labute approximate surface area is 164 Å². The van der Waals surface area contributed by atoms with Gasteiger partial charge in [0.2, 0.25) is 15.8 Å². The molecule has 1 saturated heterocycles. The van der Waals surface area contributed by atoms with Crippen molar-refractivity contribution >= 4 is 21.7 Å². The molecule has 9 heteroatoms. The largest absolute Gasteiger partial charge is 0.457 e. The predicted octanol–water partition coefficient (Wildman–Crippen LogP) is 2.28. The summed E-state index contributed by atoms with van der Waals surface area (Å²) in [6.07, 6.45) is 3.72. The number of nitrogens with zero attached hydrogens (tertiary/aromatic N) is 2. The molecule has 2 saturated carbocycles. The summed E-state index contributed by atoms with van der Waals surface area (Å²) < 4.78 is 38.2. The zero-order valence-electron chi connectivity index (χ0n) is 16.2. The second-order valence-electron chi connectivity index (χ2n) is 8.41. The Hall–Kier alpha value is -1.71. The quantitative estimate of drug-likeness (QED) is 0.546. The highest BCUT2D eigenvalue weighted by Gasteiger charge is 2.64. The number of fused-ring (bicyclic) bond motifs is 2. The van der Waals surface area contributed by atoms with Crippen LogP contribution in [0.25, 0.3) is 0 Å². The summed E-state index contributed by atoms with van der Waals surface area (Å²) >= 11 is 0. The molecule has 4 rings (SSSR count). The van der Waals surface area contributed by atoms with Crippen LogP contribution in [0.15, 0.2) is 28.0 Å². The van der Waals surface area contributed by atoms with Gasteiger partial charge in [-0.25, -0.2) is 13.2 Å². The Balaban J connectivity index is 1.60. The molecule has 1 aromatic heterocycles. The minimum Gasteiger partial charge on any atom is -0.457 e. The van der Waals surface area contributed by atoms with E-state index in [1.54, 1.807) is 6.07 Å². The molecule has 3 aliphatic rings. The van der Waals surface area contributed by atoms with Gasteiger partial charge in [0.05, 0.1) is 30.9 Å². The van der Waals surface area contributed by atoms with Crippen LogP contribution in [0.2, 0.25) is 0 Å². The monoisotopic (exact) mass is 410 g/mol. The van der Waals surface area contributed by atoms with Crippen LogP contribution in [0, 0.1) is 16.7 Å². The number of furan rings is 1. The highest BCUT2D eigenvalue weighted by molar-refractivity contribution is 7.89. The van der Waals surface area contributed by atoms with E-state index in [0.29, 0.717) is 44.4 Å². The highest BCUT2D eigenvalue weighted by atomic mass is 32.2. The van der Waals surface area contributed by atoms with Gasteiger partial charge in [-0.2, -0.15) is 4.31 Å². The maximum absolute atomic E-state index is 13.2. The third-order valence-electron chi connectivity index (χ3n) is 6.92. The first kappa shape index (κ1) is 19.6. The fraction of sp³-hybridized carbons (Fsp3) is 0.684. The molecule has 2 heterocycles. The zero-order valence-corrected chi connectivity index (χ0v) is 17.0. The molecule has 2 atom stereocenters. The maximum Gasteiger partial charge on any atom is 0.400 e. The summed E-state index contributed by atoms with van der Waals surface area (Å²) in [5, 5.41) is 4.16. The first-order chi connectivity index (χ1) is 13.3. The van der Waals surface area contributed by atoms with Gasteiger partial charge >= 0.3 is 5.97 Å². The Morgan fingerprint density at radius 3 is 2.75 bits per heavy atom. The van der Waals surface area contributed by atoms with E-state index in [2.05, 4.69) is 19.0 Å². The minimum atomic E-state index is -3.48. The van der Waals surface area contributed by atoms with Gasteiger partial charge in [-0.1, -0.05) is 19.0 Å². The maximum atomic E-state index is 13.2. The van der Waals surface area contributed by atoms with Crippen LogP contribution in [0.3, 0.4) is 0 Å². The van der Waals surface area contributed by atoms with Crippen molar-refractivity contribution in [1.82, 2.24) is 4.31 Å². The third kappa shape index (κ3) is 3.09. The number of oxime groups is 1. The van der Waals surface area contributed by atoms with Gasteiger partial charge in [-0.3, -0.25) is 0 Å². The fourth-order valence-electron chi connectivity index (χ4n) is 5.03. The van der Waals surface area contributed by atoms with Crippen molar-refractivity contribution in [2.24, 2.45) is 21.9 Å². The standard InChI is InChI=1S/C19H26N2O6S/c1-18(2)14-5-6-19(18,13-28(23,24)21-7-10-25-11-8-21)16(12-14)20-27-17(22)15-4-3-9-26-15/h3-4,9,14H,5-8,10-13H2,1-2H3/b20-16+. The van der Waals surface area contributed by atoms with Crippen LogP contribution in [-0.4, -0.2) is 56.5 Å². The molecule has 0 spiro atoms. The topological polar surface area (TPSA) is 98.4 Å². The number of sulfonamides is 1. The Morgan fingerprint density at radius 2 is 2.11 bits per heavy atom. The van der Waals surface area contributed by atoms with Crippen molar-refractivity contribution in [3.05, 3.63) is 24.2 Å². The molecule has 2 aliphatic carbocycles. The van der Waals surface area contributed by atoms with E-state index in [0.717, 1.165) is 12.8 Å². The minimum absolute atomic E-state index is 0.0133. The zero-order chi connectivity index (χ0) is 20.0. The molecular weight excluding hydrogens is 384 g/mol. The lowest BCUT2D eigenvalue weighted by Crippen LogP contribution is -2.49. The van der Waals surface area contributed by atoms with Crippen LogP contribution in [0.5, 0.6) is 0 Å². The first-order valence-corrected chi connectivity index (χ1v) is 11.2. The predicted molar refractivity (Wildman–Crippen MR) is 101 cm³/mol. The Morgan fingerprint density at radius 1 is 1.36 bits per heavy atom. The van der Waals surface area contributed by atoms with Gasteiger partial charge in [0.1, 0.15) is 0 Å². The van der Waals surface area contributed by atoms with Crippen LogP contribution in [-0.2, 0) is 19.6 Å². The number of carbonyl (C=O) groups excluding carboxylic acids is 1. The van der Waals surface area contributed by atoms with Gasteiger partial charge in [0.25, 0.3) is 0 Å². The lowest BCUT2D eigenvalue weighted by atomic mass is 9.70. The number of morpholine rings is 1. The Bertz CT molecular complexity index is 870. The van der Waals surface area contributed by atoms with Crippen LogP contribution >= 0.6 is 0 Å². The molecule has 8 nitrogen and oxygen atoms in total. The second kappa shape index (κ2) is 6.96. The third-order valence-corrected chi connectivity index (χ3v) is 8.93. The summed E-state index contributed by atoms with van der Waals surface area (Å²) in [5.74, 6) is -0.292. The van der Waals surface area contributed by atoms with E-state index in [1.807, 2.05) is 0 Å². The molecule has 3 fully saturated rings. The summed E-state index contributed by atoms with van der Waals surface area (Å²) in [6, 6.07) is 3.10. The number of hydrogen-bond acceptors (Lipinski definition) is 7. The van der Waals surface area contributed by atoms with E-state index in [-0.39, 0.29) is 16.9 Å². The lowest BCUT2D eigenvalue weighted by Gasteiger charge is -2.39. The first-order valence-electron chi connectivity index (χ1n) is 9.64. The van der Waals surface area contributed by atoms with Gasteiger partial charge in [0.15, 0.2) is 0 Å². The lowest BCUT2D eigenvalue weighted by molar-refractivity contribution is 0.0472. The summed E-state index contributed by atoms with van der Waals surface area (Å²) in [6.45, 7) is 5.80. The van der Waals surface area contributed by atoms with E-state index in [9.17, 15) is 13.2 Å². The SMILES string of the molecule is CC1(C)C2CCC1(CS(=O)(=O)N1CCOCC1)/C(=N/OC(=O)c1ccco1)C2. The average Bonchev–Trinajstić information content (AvgIpc) is 3.33. The van der Waals surface area contributed by atoms with Gasteiger partial charge in [-0.15, -0.1) is 0 Å². The van der Waals surface area contributed by atoms with Crippen LogP contribution in [0.1, 0.15) is 43.7 Å². The normalized spacial score (nSPS) is 31.4. The Kier molecular flexibility index (Phi) is 4.87. The summed E-state index contributed by atoms with van der Waals surface area (Å²) in [4.78, 5) is 17.2. The molecule has 0 N–H and O–H groups in total. The van der Waals surface area contributed by atoms with Gasteiger partial charge in [0, 0.05) is 18.5 Å². The smallest absolute Gasteiger partial charge is 0.400 e. The van der Waals surface area contributed by atoms with Crippen molar-refractivity contribution < 1.29 is 27.2 Å². The molecule has 1 aliphatic heterocycles. The molecule has 154 valence electrons. The van der Waals surface area contributed by atoms with E-state index < -0.39 is 21.4 Å². The van der Waals surface area contributed by atoms with Crippen molar-refractivity contribution in [3.8, 4) is 0 Å². The average molecular weight is 410 g/mol. The van der Waals surface area contributed by atoms with Crippen LogP contribution < -0.4 is 0 Å². The van der Waals surface area contributed by atoms with E-state index >= 15 is 0 Å². The molecule has 2 bridgehead atoms.